The molecule has 0 aliphatic carbocycles. The van der Waals surface area contributed by atoms with Crippen molar-refractivity contribution in [3.05, 3.63) is 59.7 Å². The SMILES string of the molecule is CNc1ccccc1C(=O)OCC(=O)Nc1cccc(C(C)=O)c1. The highest BCUT2D eigenvalue weighted by molar-refractivity contribution is 5.99. The number of nitrogens with one attached hydrogen (secondary N) is 2. The van der Waals surface area contributed by atoms with Crippen LogP contribution < -0.4 is 10.6 Å². The number of ether oxygens (including phenoxy) is 1. The molecule has 0 fully saturated rings. The Balaban J connectivity index is 1.94. The van der Waals surface area contributed by atoms with Crippen molar-refractivity contribution in [2.75, 3.05) is 24.3 Å². The van der Waals surface area contributed by atoms with Gasteiger partial charge in [-0.25, -0.2) is 4.79 Å². The topological polar surface area (TPSA) is 84.5 Å². The minimum absolute atomic E-state index is 0.0961. The van der Waals surface area contributed by atoms with E-state index in [1.54, 1.807) is 55.6 Å². The molecule has 6 heteroatoms. The number of ketones is 1. The lowest BCUT2D eigenvalue weighted by Gasteiger charge is -2.10. The van der Waals surface area contributed by atoms with Gasteiger partial charge in [0.15, 0.2) is 12.4 Å². The first-order valence-corrected chi connectivity index (χ1v) is 7.36. The molecule has 0 aliphatic rings. The van der Waals surface area contributed by atoms with Crippen molar-refractivity contribution in [3.63, 3.8) is 0 Å². The molecule has 2 rings (SSSR count). The van der Waals surface area contributed by atoms with E-state index < -0.39 is 18.5 Å². The fourth-order valence-electron chi connectivity index (χ4n) is 2.10. The highest BCUT2D eigenvalue weighted by Gasteiger charge is 2.13. The van der Waals surface area contributed by atoms with Crippen LogP contribution in [0, 0.1) is 0 Å². The van der Waals surface area contributed by atoms with Gasteiger partial charge < -0.3 is 15.4 Å². The lowest BCUT2D eigenvalue weighted by atomic mass is 10.1. The van der Waals surface area contributed by atoms with Gasteiger partial charge in [-0.15, -0.1) is 0 Å². The van der Waals surface area contributed by atoms with Crippen molar-refractivity contribution in [1.29, 1.82) is 0 Å². The van der Waals surface area contributed by atoms with Gasteiger partial charge >= 0.3 is 5.97 Å². The summed E-state index contributed by atoms with van der Waals surface area (Å²) in [5.74, 6) is -1.17. The maximum absolute atomic E-state index is 12.0. The van der Waals surface area contributed by atoms with Crippen LogP contribution in [0.15, 0.2) is 48.5 Å². The van der Waals surface area contributed by atoms with Gasteiger partial charge in [-0.3, -0.25) is 9.59 Å². The molecule has 0 spiro atoms. The number of hydrogen-bond donors (Lipinski definition) is 2. The Labute approximate surface area is 139 Å². The van der Waals surface area contributed by atoms with Crippen molar-refractivity contribution in [2.45, 2.75) is 6.92 Å². The first kappa shape index (κ1) is 17.2. The van der Waals surface area contributed by atoms with Crippen molar-refractivity contribution in [3.8, 4) is 0 Å². The van der Waals surface area contributed by atoms with Crippen molar-refractivity contribution >= 4 is 29.0 Å². The molecule has 24 heavy (non-hydrogen) atoms. The molecule has 0 radical (unpaired) electrons. The van der Waals surface area contributed by atoms with E-state index >= 15 is 0 Å². The number of benzene rings is 2. The Morgan fingerprint density at radius 2 is 1.79 bits per heavy atom. The Hall–Kier alpha value is -3.15. The van der Waals surface area contributed by atoms with Gasteiger partial charge in [-0.05, 0) is 31.2 Å². The molecule has 0 atom stereocenters. The van der Waals surface area contributed by atoms with Crippen molar-refractivity contribution in [1.82, 2.24) is 0 Å². The number of carbonyl (C=O) groups is 3. The zero-order valence-electron chi connectivity index (χ0n) is 13.5. The average molecular weight is 326 g/mol. The number of carbonyl (C=O) groups excluding carboxylic acids is 3. The van der Waals surface area contributed by atoms with E-state index in [9.17, 15) is 14.4 Å². The summed E-state index contributed by atoms with van der Waals surface area (Å²) in [5.41, 5.74) is 1.94. The molecular weight excluding hydrogens is 308 g/mol. The van der Waals surface area contributed by atoms with E-state index in [4.69, 9.17) is 4.74 Å². The minimum atomic E-state index is -0.590. The Kier molecular flexibility index (Phi) is 5.68. The highest BCUT2D eigenvalue weighted by atomic mass is 16.5. The average Bonchev–Trinajstić information content (AvgIpc) is 2.59. The Morgan fingerprint density at radius 1 is 1.04 bits per heavy atom. The third-order valence-electron chi connectivity index (χ3n) is 3.30. The van der Waals surface area contributed by atoms with Crippen LogP contribution in [0.2, 0.25) is 0 Å². The highest BCUT2D eigenvalue weighted by Crippen LogP contribution is 2.15. The van der Waals surface area contributed by atoms with Gasteiger partial charge in [0.25, 0.3) is 5.91 Å². The number of rotatable bonds is 6. The van der Waals surface area contributed by atoms with Gasteiger partial charge in [0.05, 0.1) is 5.56 Å². The monoisotopic (exact) mass is 326 g/mol. The second-order valence-electron chi connectivity index (χ2n) is 5.06. The van der Waals surface area contributed by atoms with Gasteiger partial charge in [-0.1, -0.05) is 24.3 Å². The molecule has 0 heterocycles. The summed E-state index contributed by atoms with van der Waals surface area (Å²) in [4.78, 5) is 35.3. The van der Waals surface area contributed by atoms with Crippen LogP contribution in [0.5, 0.6) is 0 Å². The predicted molar refractivity (Wildman–Crippen MR) is 91.3 cm³/mol. The molecular formula is C18H18N2O4. The van der Waals surface area contributed by atoms with Crippen LogP contribution in [0.25, 0.3) is 0 Å². The number of hydrogen-bond acceptors (Lipinski definition) is 5. The van der Waals surface area contributed by atoms with Gasteiger partial charge in [0, 0.05) is 24.0 Å². The molecule has 0 saturated heterocycles. The van der Waals surface area contributed by atoms with E-state index in [0.29, 0.717) is 22.5 Å². The lowest BCUT2D eigenvalue weighted by Crippen LogP contribution is -2.21. The fourth-order valence-corrected chi connectivity index (χ4v) is 2.10. The Morgan fingerprint density at radius 3 is 2.50 bits per heavy atom. The second-order valence-corrected chi connectivity index (χ2v) is 5.06. The smallest absolute Gasteiger partial charge is 0.340 e. The van der Waals surface area contributed by atoms with Gasteiger partial charge in [-0.2, -0.15) is 0 Å². The fraction of sp³-hybridized carbons (Fsp3) is 0.167. The summed E-state index contributed by atoms with van der Waals surface area (Å²) in [6.07, 6.45) is 0. The van der Waals surface area contributed by atoms with Crippen LogP contribution in [-0.2, 0) is 9.53 Å². The summed E-state index contributed by atoms with van der Waals surface area (Å²) >= 11 is 0. The zero-order valence-corrected chi connectivity index (χ0v) is 13.5. The van der Waals surface area contributed by atoms with E-state index in [-0.39, 0.29) is 5.78 Å². The molecule has 0 aliphatic heterocycles. The van der Waals surface area contributed by atoms with Gasteiger partial charge in [0.2, 0.25) is 0 Å². The van der Waals surface area contributed by atoms with Gasteiger partial charge in [0.1, 0.15) is 0 Å². The number of anilines is 2. The standard InChI is InChI=1S/C18H18N2O4/c1-12(21)13-6-5-7-14(10-13)20-17(22)11-24-18(23)15-8-3-4-9-16(15)19-2/h3-10,19H,11H2,1-2H3,(H,20,22). The zero-order chi connectivity index (χ0) is 17.5. The van der Waals surface area contributed by atoms with Crippen molar-refractivity contribution in [2.24, 2.45) is 0 Å². The number of esters is 1. The lowest BCUT2D eigenvalue weighted by molar-refractivity contribution is -0.119. The first-order valence-electron chi connectivity index (χ1n) is 7.36. The summed E-state index contributed by atoms with van der Waals surface area (Å²) in [7, 11) is 1.70. The predicted octanol–water partition coefficient (Wildman–Crippen LogP) is 2.73. The molecule has 2 N–H and O–H groups in total. The summed E-state index contributed by atoms with van der Waals surface area (Å²) < 4.78 is 5.02. The van der Waals surface area contributed by atoms with Crippen LogP contribution in [-0.4, -0.2) is 31.3 Å². The molecule has 0 unspecified atom stereocenters. The molecule has 124 valence electrons. The summed E-state index contributed by atoms with van der Waals surface area (Å²) in [6, 6.07) is 13.4. The third kappa shape index (κ3) is 4.42. The number of para-hydroxylation sites is 1. The molecule has 0 aromatic heterocycles. The normalized spacial score (nSPS) is 9.92. The Bertz CT molecular complexity index is 771. The first-order chi connectivity index (χ1) is 11.5. The third-order valence-corrected chi connectivity index (χ3v) is 3.30. The second kappa shape index (κ2) is 7.92. The quantitative estimate of drug-likeness (QED) is 0.630. The molecule has 0 saturated carbocycles. The van der Waals surface area contributed by atoms with E-state index in [1.165, 1.54) is 6.92 Å². The molecule has 2 aromatic carbocycles. The van der Waals surface area contributed by atoms with Crippen LogP contribution in [0.3, 0.4) is 0 Å². The molecule has 2 aromatic rings. The van der Waals surface area contributed by atoms with Crippen LogP contribution in [0.1, 0.15) is 27.6 Å². The maximum Gasteiger partial charge on any atom is 0.340 e. The van der Waals surface area contributed by atoms with Crippen LogP contribution in [0.4, 0.5) is 11.4 Å². The minimum Gasteiger partial charge on any atom is -0.452 e. The largest absolute Gasteiger partial charge is 0.452 e. The number of Topliss-reactive ketones (excluding diaryl/α,β-unsaturated/α-hetero) is 1. The van der Waals surface area contributed by atoms with E-state index in [0.717, 1.165) is 0 Å². The molecule has 0 bridgehead atoms. The molecule has 6 nitrogen and oxygen atoms in total. The number of amides is 1. The molecule has 1 amide bonds. The van der Waals surface area contributed by atoms with Crippen LogP contribution >= 0.6 is 0 Å². The summed E-state index contributed by atoms with van der Waals surface area (Å²) in [6.45, 7) is 1.03. The maximum atomic E-state index is 12.0. The van der Waals surface area contributed by atoms with Crippen molar-refractivity contribution < 1.29 is 19.1 Å². The summed E-state index contributed by atoms with van der Waals surface area (Å²) in [5, 5.41) is 5.48. The van der Waals surface area contributed by atoms with E-state index in [1.807, 2.05) is 0 Å². The van der Waals surface area contributed by atoms with E-state index in [2.05, 4.69) is 10.6 Å².